The minimum atomic E-state index is -0.814. The second-order valence-electron chi connectivity index (χ2n) is 12.7. The van der Waals surface area contributed by atoms with E-state index < -0.39 is 8.07 Å². The highest BCUT2D eigenvalue weighted by atomic mass is 28.3. The molecule has 1 rings (SSSR count). The standard InChI is InChI=1S/C16H30O2.C9H22Si/c1-7-16(5,6)14(17)18-13-10-8-12(9-11-13)15(2,3)4;1-7-9(2,3)8-10(4,5)6/h12-13H,7-11H2,1-6H3;7-8H2,1-6H3. The van der Waals surface area contributed by atoms with Crippen LogP contribution in [0.25, 0.3) is 0 Å². The van der Waals surface area contributed by atoms with Gasteiger partial charge in [0.1, 0.15) is 6.10 Å². The lowest BCUT2D eigenvalue weighted by Crippen LogP contribution is -2.34. The zero-order valence-corrected chi connectivity index (χ0v) is 22.4. The van der Waals surface area contributed by atoms with Gasteiger partial charge in [0.15, 0.2) is 0 Å². The average molecular weight is 413 g/mol. The Kier molecular flexibility index (Phi) is 10.5. The quantitative estimate of drug-likeness (QED) is 0.323. The molecule has 3 heteroatoms. The van der Waals surface area contributed by atoms with Crippen molar-refractivity contribution < 1.29 is 9.53 Å². The second-order valence-corrected chi connectivity index (χ2v) is 18.2. The predicted octanol–water partition coefficient (Wildman–Crippen LogP) is 8.33. The summed E-state index contributed by atoms with van der Waals surface area (Å²) >= 11 is 0. The number of esters is 1. The van der Waals surface area contributed by atoms with Gasteiger partial charge in [0, 0.05) is 8.07 Å². The van der Waals surface area contributed by atoms with E-state index in [1.165, 1.54) is 25.3 Å². The minimum Gasteiger partial charge on any atom is -0.462 e. The van der Waals surface area contributed by atoms with Crippen LogP contribution in [0.3, 0.4) is 0 Å². The van der Waals surface area contributed by atoms with Gasteiger partial charge in [-0.25, -0.2) is 0 Å². The Labute approximate surface area is 178 Å². The summed E-state index contributed by atoms with van der Waals surface area (Å²) in [5, 5.41) is 0. The van der Waals surface area contributed by atoms with E-state index >= 15 is 0 Å². The summed E-state index contributed by atoms with van der Waals surface area (Å²) in [4.78, 5) is 12.0. The third-order valence-corrected chi connectivity index (χ3v) is 8.59. The zero-order valence-electron chi connectivity index (χ0n) is 21.4. The molecule has 0 saturated heterocycles. The van der Waals surface area contributed by atoms with Gasteiger partial charge in [-0.3, -0.25) is 4.79 Å². The van der Waals surface area contributed by atoms with Crippen molar-refractivity contribution in [1.82, 2.24) is 0 Å². The molecule has 1 fully saturated rings. The number of carbonyl (C=O) groups is 1. The summed E-state index contributed by atoms with van der Waals surface area (Å²) < 4.78 is 5.67. The van der Waals surface area contributed by atoms with Gasteiger partial charge >= 0.3 is 5.97 Å². The molecule has 1 aliphatic rings. The van der Waals surface area contributed by atoms with Gasteiger partial charge in [0.05, 0.1) is 5.41 Å². The molecule has 0 N–H and O–H groups in total. The maximum atomic E-state index is 12.0. The van der Waals surface area contributed by atoms with E-state index in [1.54, 1.807) is 0 Å². The van der Waals surface area contributed by atoms with Gasteiger partial charge in [0.2, 0.25) is 0 Å². The fraction of sp³-hybridized carbons (Fsp3) is 0.960. The van der Waals surface area contributed by atoms with Crippen LogP contribution in [0.1, 0.15) is 101 Å². The van der Waals surface area contributed by atoms with E-state index in [9.17, 15) is 4.79 Å². The molecular weight excluding hydrogens is 360 g/mol. The molecule has 2 nitrogen and oxygen atoms in total. The van der Waals surface area contributed by atoms with E-state index in [1.807, 2.05) is 20.8 Å². The van der Waals surface area contributed by atoms with Crippen LogP contribution >= 0.6 is 0 Å². The van der Waals surface area contributed by atoms with Gasteiger partial charge in [-0.05, 0) is 62.7 Å². The molecule has 0 radical (unpaired) electrons. The Morgan fingerprint density at radius 2 is 1.32 bits per heavy atom. The Hall–Kier alpha value is -0.313. The minimum absolute atomic E-state index is 0.0239. The van der Waals surface area contributed by atoms with Crippen LogP contribution in [0, 0.1) is 22.2 Å². The fourth-order valence-corrected chi connectivity index (χ4v) is 7.18. The molecule has 0 aromatic heterocycles. The molecule has 0 bridgehead atoms. The van der Waals surface area contributed by atoms with E-state index in [-0.39, 0.29) is 17.5 Å². The monoisotopic (exact) mass is 412 g/mol. The first-order chi connectivity index (χ1) is 12.4. The third-order valence-electron chi connectivity index (χ3n) is 6.58. The number of carbonyl (C=O) groups excluding carboxylic acids is 1. The van der Waals surface area contributed by atoms with Crippen molar-refractivity contribution in [3.63, 3.8) is 0 Å². The van der Waals surface area contributed by atoms with Gasteiger partial charge in [-0.15, -0.1) is 0 Å². The topological polar surface area (TPSA) is 26.3 Å². The van der Waals surface area contributed by atoms with Gasteiger partial charge in [0.25, 0.3) is 0 Å². The van der Waals surface area contributed by atoms with Crippen molar-refractivity contribution in [2.24, 2.45) is 22.2 Å². The molecule has 0 amide bonds. The molecule has 168 valence electrons. The van der Waals surface area contributed by atoms with Crippen molar-refractivity contribution in [2.75, 3.05) is 0 Å². The van der Waals surface area contributed by atoms with E-state index in [0.717, 1.165) is 25.2 Å². The molecule has 0 aromatic carbocycles. The number of hydrogen-bond donors (Lipinski definition) is 0. The van der Waals surface area contributed by atoms with Crippen molar-refractivity contribution in [1.29, 1.82) is 0 Å². The van der Waals surface area contributed by atoms with Crippen molar-refractivity contribution in [2.45, 2.75) is 133 Å². The van der Waals surface area contributed by atoms with Crippen LogP contribution in [-0.2, 0) is 9.53 Å². The molecule has 28 heavy (non-hydrogen) atoms. The summed E-state index contributed by atoms with van der Waals surface area (Å²) in [6.45, 7) is 27.3. The smallest absolute Gasteiger partial charge is 0.311 e. The van der Waals surface area contributed by atoms with Crippen LogP contribution in [0.5, 0.6) is 0 Å². The maximum absolute atomic E-state index is 12.0. The summed E-state index contributed by atoms with van der Waals surface area (Å²) in [5.41, 5.74) is 0.642. The third kappa shape index (κ3) is 11.0. The number of rotatable bonds is 6. The lowest BCUT2D eigenvalue weighted by Gasteiger charge is -2.37. The largest absolute Gasteiger partial charge is 0.462 e. The van der Waals surface area contributed by atoms with E-state index in [0.29, 0.717) is 10.8 Å². The first kappa shape index (κ1) is 27.7. The highest BCUT2D eigenvalue weighted by Gasteiger charge is 2.34. The first-order valence-corrected chi connectivity index (χ1v) is 15.4. The molecule has 0 aromatic rings. The highest BCUT2D eigenvalue weighted by Crippen LogP contribution is 2.39. The molecule has 0 aliphatic heterocycles. The molecule has 0 atom stereocenters. The number of hydrogen-bond acceptors (Lipinski definition) is 2. The van der Waals surface area contributed by atoms with Crippen LogP contribution < -0.4 is 0 Å². The normalized spacial score (nSPS) is 21.6. The Balaban J connectivity index is 0.000000621. The molecule has 0 unspecified atom stereocenters. The maximum Gasteiger partial charge on any atom is 0.311 e. The predicted molar refractivity (Wildman–Crippen MR) is 128 cm³/mol. The Bertz CT molecular complexity index is 458. The second kappa shape index (κ2) is 10.6. The fourth-order valence-electron chi connectivity index (χ4n) is 4.06. The van der Waals surface area contributed by atoms with Crippen molar-refractivity contribution in [3.05, 3.63) is 0 Å². The average Bonchev–Trinajstić information content (AvgIpc) is 2.53. The van der Waals surface area contributed by atoms with Crippen molar-refractivity contribution in [3.8, 4) is 0 Å². The summed E-state index contributed by atoms with van der Waals surface area (Å²) in [5.74, 6) is 0.746. The summed E-state index contributed by atoms with van der Waals surface area (Å²) in [7, 11) is -0.814. The van der Waals surface area contributed by atoms with Crippen LogP contribution in [-0.4, -0.2) is 20.1 Å². The van der Waals surface area contributed by atoms with Gasteiger partial charge in [-0.2, -0.15) is 0 Å². The highest BCUT2D eigenvalue weighted by molar-refractivity contribution is 6.76. The Morgan fingerprint density at radius 3 is 1.61 bits per heavy atom. The van der Waals surface area contributed by atoms with Gasteiger partial charge < -0.3 is 4.74 Å². The molecule has 0 heterocycles. The van der Waals surface area contributed by atoms with Crippen LogP contribution in [0.4, 0.5) is 0 Å². The lowest BCUT2D eigenvalue weighted by molar-refractivity contribution is -0.162. The van der Waals surface area contributed by atoms with E-state index in [4.69, 9.17) is 4.74 Å². The van der Waals surface area contributed by atoms with Crippen LogP contribution in [0.15, 0.2) is 0 Å². The molecule has 1 aliphatic carbocycles. The first-order valence-electron chi connectivity index (χ1n) is 11.6. The summed E-state index contributed by atoms with van der Waals surface area (Å²) in [6.07, 6.45) is 6.76. The lowest BCUT2D eigenvalue weighted by atomic mass is 9.72. The van der Waals surface area contributed by atoms with Crippen molar-refractivity contribution >= 4 is 14.0 Å². The SMILES string of the molecule is CCC(C)(C)C(=O)OC1CCC(C(C)(C)C)CC1.CCC(C)(C)C[Si](C)(C)C. The Morgan fingerprint density at radius 1 is 0.857 bits per heavy atom. The molecule has 0 spiro atoms. The molecular formula is C25H52O2Si. The summed E-state index contributed by atoms with van der Waals surface area (Å²) in [6, 6.07) is 1.45. The number of ether oxygens (including phenoxy) is 1. The molecule has 1 saturated carbocycles. The van der Waals surface area contributed by atoms with Gasteiger partial charge in [-0.1, -0.05) is 80.6 Å². The van der Waals surface area contributed by atoms with E-state index in [2.05, 4.69) is 61.2 Å². The zero-order chi connectivity index (χ0) is 22.4. The van der Waals surface area contributed by atoms with Crippen LogP contribution in [0.2, 0.25) is 25.7 Å².